The van der Waals surface area contributed by atoms with E-state index in [1.54, 1.807) is 12.1 Å². The number of hydrogen-bond donors (Lipinski definition) is 6. The summed E-state index contributed by atoms with van der Waals surface area (Å²) in [6.45, 7) is 3.30. The molecule has 6 N–H and O–H groups in total. The molecule has 2 heterocycles. The molecule has 0 spiro atoms. The number of nitrogens with one attached hydrogen (secondary N) is 5. The molecule has 4 rings (SSSR count). The van der Waals surface area contributed by atoms with Crippen molar-refractivity contribution in [3.63, 3.8) is 0 Å². The molecule has 2 saturated heterocycles. The number of carbonyl (C=O) groups excluding carboxylic acids is 2. The van der Waals surface area contributed by atoms with E-state index in [9.17, 15) is 27.9 Å². The van der Waals surface area contributed by atoms with Gasteiger partial charge in [-0.2, -0.15) is 4.72 Å². The average molecular weight is 721 g/mol. The number of carbonyl (C=O) groups is 3. The summed E-state index contributed by atoms with van der Waals surface area (Å²) < 4.78 is 28.1. The number of rotatable bonds is 16. The zero-order chi connectivity index (χ0) is 32.1. The Hall–Kier alpha value is -1.96. The Balaban J connectivity index is 0.00000384. The van der Waals surface area contributed by atoms with Gasteiger partial charge in [0.2, 0.25) is 21.8 Å². The molecule has 2 aliphatic heterocycles. The molecule has 3 fully saturated rings. The number of aliphatic carboxylic acids is 1. The van der Waals surface area contributed by atoms with Crippen molar-refractivity contribution in [1.29, 1.82) is 0 Å². The minimum Gasteiger partial charge on any atom is -0.480 e. The van der Waals surface area contributed by atoms with E-state index in [1.807, 2.05) is 0 Å². The van der Waals surface area contributed by atoms with Crippen LogP contribution in [0.3, 0.4) is 0 Å². The highest BCUT2D eigenvalue weighted by Crippen LogP contribution is 2.33. The second-order valence-electron chi connectivity index (χ2n) is 13.2. The summed E-state index contributed by atoms with van der Waals surface area (Å²) in [6, 6.07) is 5.06. The molecule has 11 nitrogen and oxygen atoms in total. The molecule has 14 heteroatoms. The van der Waals surface area contributed by atoms with Gasteiger partial charge in [0.15, 0.2) is 0 Å². The monoisotopic (exact) mass is 719 g/mol. The van der Waals surface area contributed by atoms with Gasteiger partial charge in [0, 0.05) is 12.5 Å². The van der Waals surface area contributed by atoms with Gasteiger partial charge in [-0.3, -0.25) is 14.4 Å². The summed E-state index contributed by atoms with van der Waals surface area (Å²) in [6.07, 6.45) is 13.7. The van der Waals surface area contributed by atoms with Crippen molar-refractivity contribution in [3.8, 4) is 0 Å². The molecule has 1 saturated carbocycles. The van der Waals surface area contributed by atoms with Crippen molar-refractivity contribution in [2.45, 2.75) is 100 Å². The molecule has 1 atom stereocenters. The maximum atomic E-state index is 13.2. The minimum absolute atomic E-state index is 0. The van der Waals surface area contributed by atoms with Crippen LogP contribution >= 0.6 is 24.8 Å². The first kappa shape index (κ1) is 41.2. The van der Waals surface area contributed by atoms with E-state index in [-0.39, 0.29) is 48.1 Å². The molecule has 0 bridgehead atoms. The summed E-state index contributed by atoms with van der Waals surface area (Å²) in [7, 11) is -4.13. The maximum Gasteiger partial charge on any atom is 0.323 e. The Kier molecular flexibility index (Phi) is 18.6. The third-order valence-electron chi connectivity index (χ3n) is 9.92. The number of sulfonamides is 1. The standard InChI is InChI=1S/C33H53N5O6S.2ClH/c39-31(23-37-32(40)28(8-6-24-14-18-34-19-15-24)9-7-25-16-20-35-21-17-25)36-22-30(33(41)42)38-45(43,44)29-12-10-27(11-13-29)26-4-2-1-3-5-26;;/h10-13,24-26,28,30,34-35,38H,1-9,14-23H2,(H,36,39)(H,37,40)(H,41,42);2*1H. The smallest absolute Gasteiger partial charge is 0.323 e. The van der Waals surface area contributed by atoms with Gasteiger partial charge in [-0.15, -0.1) is 24.8 Å². The normalized spacial score (nSPS) is 18.8. The molecule has 0 radical (unpaired) electrons. The van der Waals surface area contributed by atoms with E-state index in [4.69, 9.17) is 0 Å². The predicted octanol–water partition coefficient (Wildman–Crippen LogP) is 3.72. The highest BCUT2D eigenvalue weighted by Gasteiger charge is 2.28. The SMILES string of the molecule is Cl.Cl.O=C(CNC(=O)C(CCC1CCNCC1)CCC1CCNCC1)NCC(NS(=O)(=O)c1ccc(C2CCCCC2)cc1)C(=O)O. The van der Waals surface area contributed by atoms with Crippen LogP contribution in [-0.2, 0) is 24.4 Å². The van der Waals surface area contributed by atoms with Gasteiger partial charge < -0.3 is 26.4 Å². The average Bonchev–Trinajstić information content (AvgIpc) is 3.06. The predicted molar refractivity (Wildman–Crippen MR) is 188 cm³/mol. The van der Waals surface area contributed by atoms with Gasteiger partial charge in [0.05, 0.1) is 11.4 Å². The van der Waals surface area contributed by atoms with Gasteiger partial charge in [0.25, 0.3) is 0 Å². The number of carboxylic acid groups (broad SMARTS) is 1. The molecule has 1 aromatic rings. The van der Waals surface area contributed by atoms with Crippen LogP contribution in [0.2, 0.25) is 0 Å². The van der Waals surface area contributed by atoms with Crippen molar-refractivity contribution in [1.82, 2.24) is 26.0 Å². The van der Waals surface area contributed by atoms with Crippen LogP contribution in [0.1, 0.15) is 95.0 Å². The van der Waals surface area contributed by atoms with Gasteiger partial charge in [0.1, 0.15) is 6.04 Å². The van der Waals surface area contributed by atoms with Crippen molar-refractivity contribution in [3.05, 3.63) is 29.8 Å². The third-order valence-corrected chi connectivity index (χ3v) is 11.4. The fourth-order valence-electron chi connectivity index (χ4n) is 7.00. The molecular weight excluding hydrogens is 665 g/mol. The van der Waals surface area contributed by atoms with Gasteiger partial charge in [-0.05, 0) is 126 Å². The number of carboxylic acids is 1. The van der Waals surface area contributed by atoms with E-state index in [1.165, 1.54) is 31.4 Å². The lowest BCUT2D eigenvalue weighted by molar-refractivity contribution is -0.139. The topological polar surface area (TPSA) is 166 Å². The first-order valence-electron chi connectivity index (χ1n) is 17.0. The van der Waals surface area contributed by atoms with Crippen LogP contribution in [0, 0.1) is 17.8 Å². The van der Waals surface area contributed by atoms with E-state index in [2.05, 4.69) is 26.0 Å². The largest absolute Gasteiger partial charge is 0.480 e. The first-order valence-corrected chi connectivity index (χ1v) is 18.5. The highest BCUT2D eigenvalue weighted by atomic mass is 35.5. The summed E-state index contributed by atoms with van der Waals surface area (Å²) in [5, 5.41) is 21.7. The Labute approximate surface area is 292 Å². The third kappa shape index (κ3) is 13.8. The van der Waals surface area contributed by atoms with Gasteiger partial charge in [-0.25, -0.2) is 8.42 Å². The number of benzene rings is 1. The number of piperidine rings is 2. The number of halogens is 2. The first-order chi connectivity index (χ1) is 21.7. The zero-order valence-corrected chi connectivity index (χ0v) is 29.8. The highest BCUT2D eigenvalue weighted by molar-refractivity contribution is 7.89. The van der Waals surface area contributed by atoms with Crippen molar-refractivity contribution >= 4 is 52.6 Å². The summed E-state index contributed by atoms with van der Waals surface area (Å²) >= 11 is 0. The summed E-state index contributed by atoms with van der Waals surface area (Å²) in [5.74, 6) is -0.666. The second kappa shape index (κ2) is 21.2. The van der Waals surface area contributed by atoms with Crippen molar-refractivity contribution < 1.29 is 27.9 Å². The lowest BCUT2D eigenvalue weighted by Gasteiger charge is -2.27. The molecule has 1 unspecified atom stereocenters. The van der Waals surface area contributed by atoms with E-state index in [0.717, 1.165) is 96.0 Å². The Morgan fingerprint density at radius 2 is 1.32 bits per heavy atom. The molecule has 2 amide bonds. The van der Waals surface area contributed by atoms with Crippen LogP contribution in [-0.4, -0.2) is 76.6 Å². The van der Waals surface area contributed by atoms with Crippen molar-refractivity contribution in [2.24, 2.45) is 17.8 Å². The Bertz CT molecular complexity index is 1180. The van der Waals surface area contributed by atoms with Crippen LogP contribution in [0.5, 0.6) is 0 Å². The number of hydrogen-bond acceptors (Lipinski definition) is 7. The van der Waals surface area contributed by atoms with Crippen molar-refractivity contribution in [2.75, 3.05) is 39.3 Å². The molecule has 1 aromatic carbocycles. The van der Waals surface area contributed by atoms with Crippen LogP contribution < -0.4 is 26.0 Å². The lowest BCUT2D eigenvalue weighted by Crippen LogP contribution is -2.50. The van der Waals surface area contributed by atoms with Crippen LogP contribution in [0.15, 0.2) is 29.2 Å². The maximum absolute atomic E-state index is 13.2. The molecule has 47 heavy (non-hydrogen) atoms. The van der Waals surface area contributed by atoms with Gasteiger partial charge in [-0.1, -0.05) is 31.4 Å². The molecule has 1 aliphatic carbocycles. The fourth-order valence-corrected chi connectivity index (χ4v) is 8.19. The van der Waals surface area contributed by atoms with E-state index >= 15 is 0 Å². The fraction of sp³-hybridized carbons (Fsp3) is 0.727. The summed E-state index contributed by atoms with van der Waals surface area (Å²) in [4.78, 5) is 37.7. The molecule has 3 aliphatic rings. The van der Waals surface area contributed by atoms with E-state index in [0.29, 0.717) is 17.8 Å². The molecular formula is C33H55Cl2N5O6S. The zero-order valence-electron chi connectivity index (χ0n) is 27.3. The van der Waals surface area contributed by atoms with Crippen LogP contribution in [0.4, 0.5) is 0 Å². The number of amides is 2. The second-order valence-corrected chi connectivity index (χ2v) is 14.9. The lowest BCUT2D eigenvalue weighted by atomic mass is 9.84. The Morgan fingerprint density at radius 3 is 1.83 bits per heavy atom. The molecule has 268 valence electrons. The van der Waals surface area contributed by atoms with Gasteiger partial charge >= 0.3 is 5.97 Å². The summed E-state index contributed by atoms with van der Waals surface area (Å²) in [5.41, 5.74) is 1.09. The van der Waals surface area contributed by atoms with Crippen LogP contribution in [0.25, 0.3) is 0 Å². The minimum atomic E-state index is -4.13. The quantitative estimate of drug-likeness (QED) is 0.151. The van der Waals surface area contributed by atoms with E-state index < -0.39 is 34.5 Å². The Morgan fingerprint density at radius 1 is 0.787 bits per heavy atom. The molecule has 0 aromatic heterocycles.